The third-order valence-electron chi connectivity index (χ3n) is 4.04. The van der Waals surface area contributed by atoms with E-state index in [-0.39, 0.29) is 0 Å². The van der Waals surface area contributed by atoms with Crippen molar-refractivity contribution in [3.8, 4) is 11.5 Å². The molecule has 1 fully saturated rings. The molecule has 2 N–H and O–H groups in total. The molecule has 1 aliphatic rings. The maximum Gasteiger partial charge on any atom is 0.145 e. The number of hydrogen-bond acceptors (Lipinski definition) is 3. The fraction of sp³-hybridized carbons (Fsp3) is 0.647. The molecule has 20 heavy (non-hydrogen) atoms. The maximum absolute atomic E-state index is 6.09. The Labute approximate surface area is 122 Å². The summed E-state index contributed by atoms with van der Waals surface area (Å²) < 4.78 is 11.7. The average Bonchev–Trinajstić information content (AvgIpc) is 2.42. The Morgan fingerprint density at radius 3 is 2.60 bits per heavy atom. The molecule has 0 saturated heterocycles. The van der Waals surface area contributed by atoms with E-state index >= 15 is 0 Å². The van der Waals surface area contributed by atoms with E-state index in [0.29, 0.717) is 23.8 Å². The predicted molar refractivity (Wildman–Crippen MR) is 83.3 cm³/mol. The summed E-state index contributed by atoms with van der Waals surface area (Å²) in [6.45, 7) is 7.44. The minimum atomic E-state index is 0.325. The third kappa shape index (κ3) is 4.06. The lowest BCUT2D eigenvalue weighted by Gasteiger charge is -2.34. The highest BCUT2D eigenvalue weighted by Crippen LogP contribution is 2.37. The van der Waals surface area contributed by atoms with Crippen LogP contribution in [0.1, 0.15) is 52.9 Å². The molecular formula is C17H27NO2. The van der Waals surface area contributed by atoms with Crippen LogP contribution in [0.15, 0.2) is 18.2 Å². The van der Waals surface area contributed by atoms with Gasteiger partial charge in [0.1, 0.15) is 11.5 Å². The van der Waals surface area contributed by atoms with Crippen LogP contribution >= 0.6 is 0 Å². The number of nitrogens with two attached hydrogens (primary N) is 1. The smallest absolute Gasteiger partial charge is 0.145 e. The molecule has 0 atom stereocenters. The molecule has 0 radical (unpaired) electrons. The predicted octanol–water partition coefficient (Wildman–Crippen LogP) is 4.41. The van der Waals surface area contributed by atoms with Crippen molar-refractivity contribution < 1.29 is 9.47 Å². The molecule has 1 aliphatic carbocycles. The number of hydrogen-bond donors (Lipinski definition) is 1. The normalized spacial score (nSPS) is 18.8. The van der Waals surface area contributed by atoms with Gasteiger partial charge in [0.05, 0.1) is 18.4 Å². The summed E-state index contributed by atoms with van der Waals surface area (Å²) in [6.07, 6.45) is 6.01. The molecule has 0 bridgehead atoms. The second kappa shape index (κ2) is 6.38. The Hall–Kier alpha value is -1.38. The lowest BCUT2D eigenvalue weighted by molar-refractivity contribution is 0.0985. The summed E-state index contributed by atoms with van der Waals surface area (Å²) in [4.78, 5) is 0. The summed E-state index contributed by atoms with van der Waals surface area (Å²) >= 11 is 0. The van der Waals surface area contributed by atoms with Gasteiger partial charge in [-0.15, -0.1) is 0 Å². The lowest BCUT2D eigenvalue weighted by atomic mass is 9.76. The van der Waals surface area contributed by atoms with Crippen molar-refractivity contribution in [2.24, 2.45) is 5.41 Å². The Kier molecular flexibility index (Phi) is 4.79. The van der Waals surface area contributed by atoms with E-state index in [1.54, 1.807) is 0 Å². The maximum atomic E-state index is 6.09. The topological polar surface area (TPSA) is 44.5 Å². The molecule has 0 heterocycles. The highest BCUT2D eigenvalue weighted by Gasteiger charge is 2.27. The van der Waals surface area contributed by atoms with E-state index in [1.807, 2.05) is 18.2 Å². The highest BCUT2D eigenvalue weighted by molar-refractivity contribution is 5.55. The number of anilines is 1. The van der Waals surface area contributed by atoms with E-state index in [9.17, 15) is 0 Å². The highest BCUT2D eigenvalue weighted by atomic mass is 16.5. The molecule has 3 heteroatoms. The Morgan fingerprint density at radius 2 is 1.95 bits per heavy atom. The zero-order valence-corrected chi connectivity index (χ0v) is 12.9. The van der Waals surface area contributed by atoms with Crippen LogP contribution in [0.2, 0.25) is 0 Å². The molecular weight excluding hydrogens is 250 g/mol. The Balaban J connectivity index is 1.96. The van der Waals surface area contributed by atoms with Crippen molar-refractivity contribution in [1.29, 1.82) is 0 Å². The molecule has 1 saturated carbocycles. The van der Waals surface area contributed by atoms with Gasteiger partial charge in [-0.3, -0.25) is 0 Å². The Morgan fingerprint density at radius 1 is 1.25 bits per heavy atom. The van der Waals surface area contributed by atoms with Crippen molar-refractivity contribution in [3.05, 3.63) is 18.2 Å². The summed E-state index contributed by atoms with van der Waals surface area (Å²) in [6, 6.07) is 5.73. The minimum Gasteiger partial charge on any atom is -0.491 e. The molecule has 1 aromatic carbocycles. The largest absolute Gasteiger partial charge is 0.491 e. The molecule has 0 unspecified atom stereocenters. The van der Waals surface area contributed by atoms with E-state index in [0.717, 1.165) is 30.8 Å². The van der Waals surface area contributed by atoms with Crippen LogP contribution in [-0.2, 0) is 0 Å². The van der Waals surface area contributed by atoms with Crippen molar-refractivity contribution in [3.63, 3.8) is 0 Å². The second-order valence-electron chi connectivity index (χ2n) is 6.53. The van der Waals surface area contributed by atoms with Gasteiger partial charge in [-0.2, -0.15) is 0 Å². The van der Waals surface area contributed by atoms with Crippen LogP contribution in [0, 0.1) is 5.41 Å². The van der Waals surface area contributed by atoms with Crippen molar-refractivity contribution >= 4 is 5.69 Å². The summed E-state index contributed by atoms with van der Waals surface area (Å²) in [7, 11) is 0. The summed E-state index contributed by atoms with van der Waals surface area (Å²) in [5.74, 6) is 1.61. The fourth-order valence-electron chi connectivity index (χ4n) is 2.61. The molecule has 0 amide bonds. The zero-order chi connectivity index (χ0) is 14.6. The van der Waals surface area contributed by atoms with Gasteiger partial charge >= 0.3 is 0 Å². The number of benzene rings is 1. The molecule has 0 aliphatic heterocycles. The first kappa shape index (κ1) is 15.0. The zero-order valence-electron chi connectivity index (χ0n) is 12.9. The minimum absolute atomic E-state index is 0.325. The summed E-state index contributed by atoms with van der Waals surface area (Å²) in [5, 5.41) is 0. The first-order chi connectivity index (χ1) is 9.50. The molecule has 0 spiro atoms. The van der Waals surface area contributed by atoms with E-state index in [2.05, 4.69) is 20.8 Å². The van der Waals surface area contributed by atoms with Crippen LogP contribution in [0.3, 0.4) is 0 Å². The van der Waals surface area contributed by atoms with Crippen molar-refractivity contribution in [2.75, 3.05) is 12.3 Å². The lowest BCUT2D eigenvalue weighted by Crippen LogP contribution is -2.28. The van der Waals surface area contributed by atoms with Crippen molar-refractivity contribution in [2.45, 2.75) is 59.0 Å². The van der Waals surface area contributed by atoms with Crippen LogP contribution in [0.25, 0.3) is 0 Å². The van der Waals surface area contributed by atoms with E-state index in [1.165, 1.54) is 12.8 Å². The van der Waals surface area contributed by atoms with E-state index in [4.69, 9.17) is 15.2 Å². The molecule has 112 valence electrons. The van der Waals surface area contributed by atoms with Gasteiger partial charge in [0.2, 0.25) is 0 Å². The SMILES string of the molecule is CCCOc1cc(OC2CCC(C)(C)CC2)ccc1N. The van der Waals surface area contributed by atoms with E-state index < -0.39 is 0 Å². The summed E-state index contributed by atoms with van der Waals surface area (Å²) in [5.41, 5.74) is 7.06. The van der Waals surface area contributed by atoms with Crippen LogP contribution in [0.5, 0.6) is 11.5 Å². The number of ether oxygens (including phenoxy) is 2. The molecule has 2 rings (SSSR count). The van der Waals surface area contributed by atoms with Gasteiger partial charge in [0, 0.05) is 6.07 Å². The van der Waals surface area contributed by atoms with Gasteiger partial charge in [0.25, 0.3) is 0 Å². The van der Waals surface area contributed by atoms with Gasteiger partial charge in [0.15, 0.2) is 0 Å². The monoisotopic (exact) mass is 277 g/mol. The van der Waals surface area contributed by atoms with Gasteiger partial charge in [-0.1, -0.05) is 20.8 Å². The third-order valence-corrected chi connectivity index (χ3v) is 4.04. The second-order valence-corrected chi connectivity index (χ2v) is 6.53. The quantitative estimate of drug-likeness (QED) is 0.811. The van der Waals surface area contributed by atoms with Crippen LogP contribution in [0.4, 0.5) is 5.69 Å². The molecule has 0 aromatic heterocycles. The van der Waals surface area contributed by atoms with Gasteiger partial charge in [-0.25, -0.2) is 0 Å². The van der Waals surface area contributed by atoms with Crippen LogP contribution in [-0.4, -0.2) is 12.7 Å². The fourth-order valence-corrected chi connectivity index (χ4v) is 2.61. The first-order valence-corrected chi connectivity index (χ1v) is 7.69. The van der Waals surface area contributed by atoms with Crippen LogP contribution < -0.4 is 15.2 Å². The average molecular weight is 277 g/mol. The number of nitrogen functional groups attached to an aromatic ring is 1. The number of rotatable bonds is 5. The Bertz CT molecular complexity index is 433. The first-order valence-electron chi connectivity index (χ1n) is 7.69. The van der Waals surface area contributed by atoms with Crippen molar-refractivity contribution in [1.82, 2.24) is 0 Å². The van der Waals surface area contributed by atoms with Gasteiger partial charge in [-0.05, 0) is 49.7 Å². The molecule has 3 nitrogen and oxygen atoms in total. The standard InChI is InChI=1S/C17H27NO2/c1-4-11-19-16-12-14(5-6-15(16)18)20-13-7-9-17(2,3)10-8-13/h5-6,12-13H,4,7-11,18H2,1-3H3. The van der Waals surface area contributed by atoms with Gasteiger partial charge < -0.3 is 15.2 Å². The molecule has 1 aromatic rings.